The van der Waals surface area contributed by atoms with E-state index < -0.39 is 5.82 Å². The van der Waals surface area contributed by atoms with Gasteiger partial charge in [0.2, 0.25) is 0 Å². The van der Waals surface area contributed by atoms with Crippen LogP contribution in [0.15, 0.2) is 18.2 Å². The third-order valence-corrected chi connectivity index (χ3v) is 2.21. The zero-order valence-corrected chi connectivity index (χ0v) is 8.87. The Morgan fingerprint density at radius 2 is 2.27 bits per heavy atom. The summed E-state index contributed by atoms with van der Waals surface area (Å²) in [5.74, 6) is -0.540. The van der Waals surface area contributed by atoms with Gasteiger partial charge in [-0.3, -0.25) is 0 Å². The average molecular weight is 207 g/mol. The van der Waals surface area contributed by atoms with Crippen LogP contribution in [0.4, 0.5) is 15.8 Å². The lowest BCUT2D eigenvalue weighted by atomic mass is 10.1. The Morgan fingerprint density at radius 1 is 1.60 bits per heavy atom. The van der Waals surface area contributed by atoms with Crippen molar-refractivity contribution in [3.05, 3.63) is 24.0 Å². The van der Waals surface area contributed by atoms with E-state index in [2.05, 4.69) is 6.07 Å². The van der Waals surface area contributed by atoms with Crippen LogP contribution in [0.5, 0.6) is 0 Å². The highest BCUT2D eigenvalue weighted by Crippen LogP contribution is 2.24. The third-order valence-electron chi connectivity index (χ3n) is 2.21. The molecule has 0 fully saturated rings. The highest BCUT2D eigenvalue weighted by atomic mass is 19.1. The van der Waals surface area contributed by atoms with Crippen molar-refractivity contribution in [2.24, 2.45) is 5.92 Å². The minimum absolute atomic E-state index is 0.113. The Morgan fingerprint density at radius 3 is 2.87 bits per heavy atom. The van der Waals surface area contributed by atoms with E-state index in [0.29, 0.717) is 12.2 Å². The van der Waals surface area contributed by atoms with Gasteiger partial charge in [-0.05, 0) is 19.1 Å². The van der Waals surface area contributed by atoms with Crippen molar-refractivity contribution in [1.82, 2.24) is 0 Å². The van der Waals surface area contributed by atoms with Crippen LogP contribution in [0.2, 0.25) is 0 Å². The van der Waals surface area contributed by atoms with E-state index in [4.69, 9.17) is 11.0 Å². The van der Waals surface area contributed by atoms with Crippen molar-refractivity contribution in [2.45, 2.75) is 6.92 Å². The summed E-state index contributed by atoms with van der Waals surface area (Å²) >= 11 is 0. The minimum Gasteiger partial charge on any atom is -0.395 e. The topological polar surface area (TPSA) is 53.0 Å². The third kappa shape index (κ3) is 2.59. The van der Waals surface area contributed by atoms with Crippen LogP contribution in [0.3, 0.4) is 0 Å². The molecule has 0 bridgehead atoms. The molecule has 1 unspecified atom stereocenters. The van der Waals surface area contributed by atoms with Gasteiger partial charge in [-0.15, -0.1) is 0 Å². The van der Waals surface area contributed by atoms with E-state index in [1.807, 2.05) is 6.92 Å². The largest absolute Gasteiger partial charge is 0.395 e. The molecule has 0 spiro atoms. The van der Waals surface area contributed by atoms with Gasteiger partial charge in [-0.1, -0.05) is 6.07 Å². The second kappa shape index (κ2) is 4.65. The van der Waals surface area contributed by atoms with Crippen LogP contribution in [0.25, 0.3) is 0 Å². The molecule has 0 saturated carbocycles. The molecule has 4 heteroatoms. The number of nitrogen functional groups attached to an aromatic ring is 1. The first-order chi connectivity index (χ1) is 7.06. The predicted octanol–water partition coefficient (Wildman–Crippen LogP) is 2.00. The van der Waals surface area contributed by atoms with Crippen LogP contribution in [0.1, 0.15) is 6.92 Å². The van der Waals surface area contributed by atoms with E-state index in [-0.39, 0.29) is 11.6 Å². The van der Waals surface area contributed by atoms with Crippen LogP contribution >= 0.6 is 0 Å². The molecule has 0 aliphatic carbocycles. The molecule has 1 rings (SSSR count). The Labute approximate surface area is 88.9 Å². The van der Waals surface area contributed by atoms with E-state index in [1.54, 1.807) is 24.1 Å². The Hall–Kier alpha value is -1.76. The van der Waals surface area contributed by atoms with Crippen molar-refractivity contribution < 1.29 is 4.39 Å². The lowest BCUT2D eigenvalue weighted by Gasteiger charge is -2.22. The number of hydrogen-bond acceptors (Lipinski definition) is 3. The summed E-state index contributed by atoms with van der Waals surface area (Å²) in [5, 5.41) is 8.67. The van der Waals surface area contributed by atoms with Gasteiger partial charge in [0.05, 0.1) is 23.4 Å². The Kier molecular flexibility index (Phi) is 3.51. The van der Waals surface area contributed by atoms with E-state index in [0.717, 1.165) is 0 Å². The van der Waals surface area contributed by atoms with Crippen molar-refractivity contribution in [3.8, 4) is 6.07 Å². The molecule has 80 valence electrons. The summed E-state index contributed by atoms with van der Waals surface area (Å²) in [5.41, 5.74) is 6.35. The van der Waals surface area contributed by atoms with Crippen LogP contribution in [0, 0.1) is 23.1 Å². The van der Waals surface area contributed by atoms with E-state index in [1.165, 1.54) is 6.07 Å². The quantitative estimate of drug-likeness (QED) is 0.771. The molecular weight excluding hydrogens is 193 g/mol. The molecule has 3 nitrogen and oxygen atoms in total. The summed E-state index contributed by atoms with van der Waals surface area (Å²) in [4.78, 5) is 1.78. The summed E-state index contributed by atoms with van der Waals surface area (Å²) in [6.45, 7) is 2.34. The highest BCUT2D eigenvalue weighted by molar-refractivity contribution is 5.67. The Balaban J connectivity index is 2.87. The molecule has 0 amide bonds. The summed E-state index contributed by atoms with van der Waals surface area (Å²) < 4.78 is 13.1. The maximum atomic E-state index is 13.1. The van der Waals surface area contributed by atoms with Crippen molar-refractivity contribution in [1.29, 1.82) is 5.26 Å². The highest BCUT2D eigenvalue weighted by Gasteiger charge is 2.11. The standard InChI is InChI=1S/C11H14FN3/c1-8(6-13)7-15(2)10-5-3-4-9(12)11(10)14/h3-5,8H,7,14H2,1-2H3. The second-order valence-electron chi connectivity index (χ2n) is 3.58. The first-order valence-corrected chi connectivity index (χ1v) is 4.71. The van der Waals surface area contributed by atoms with Gasteiger partial charge in [-0.25, -0.2) is 4.39 Å². The fourth-order valence-corrected chi connectivity index (χ4v) is 1.41. The first kappa shape index (κ1) is 11.3. The van der Waals surface area contributed by atoms with Gasteiger partial charge in [0, 0.05) is 13.6 Å². The van der Waals surface area contributed by atoms with Crippen molar-refractivity contribution in [2.75, 3.05) is 24.2 Å². The van der Waals surface area contributed by atoms with Gasteiger partial charge < -0.3 is 10.6 Å². The second-order valence-corrected chi connectivity index (χ2v) is 3.58. The van der Waals surface area contributed by atoms with E-state index in [9.17, 15) is 4.39 Å². The lowest BCUT2D eigenvalue weighted by Crippen LogP contribution is -2.24. The van der Waals surface area contributed by atoms with Crippen molar-refractivity contribution >= 4 is 11.4 Å². The van der Waals surface area contributed by atoms with Gasteiger partial charge in [0.15, 0.2) is 0 Å². The molecule has 0 aromatic heterocycles. The molecule has 1 aromatic rings. The molecular formula is C11H14FN3. The number of nitrogens with two attached hydrogens (primary N) is 1. The summed E-state index contributed by atoms with van der Waals surface area (Å²) in [6.07, 6.45) is 0. The zero-order chi connectivity index (χ0) is 11.4. The van der Waals surface area contributed by atoms with Gasteiger partial charge >= 0.3 is 0 Å². The molecule has 0 radical (unpaired) electrons. The van der Waals surface area contributed by atoms with Crippen molar-refractivity contribution in [3.63, 3.8) is 0 Å². The molecule has 1 aromatic carbocycles. The molecule has 15 heavy (non-hydrogen) atoms. The lowest BCUT2D eigenvalue weighted by molar-refractivity contribution is 0.631. The number of hydrogen-bond donors (Lipinski definition) is 1. The van der Waals surface area contributed by atoms with Gasteiger partial charge in [0.1, 0.15) is 5.82 Å². The molecule has 0 heterocycles. The molecule has 2 N–H and O–H groups in total. The number of anilines is 2. The SMILES string of the molecule is CC(C#N)CN(C)c1cccc(F)c1N. The average Bonchev–Trinajstić information content (AvgIpc) is 2.21. The first-order valence-electron chi connectivity index (χ1n) is 4.71. The zero-order valence-electron chi connectivity index (χ0n) is 8.87. The predicted molar refractivity (Wildman–Crippen MR) is 58.9 cm³/mol. The van der Waals surface area contributed by atoms with Crippen LogP contribution in [-0.2, 0) is 0 Å². The van der Waals surface area contributed by atoms with Crippen LogP contribution < -0.4 is 10.6 Å². The Bertz CT molecular complexity index is 384. The van der Waals surface area contributed by atoms with E-state index >= 15 is 0 Å². The van der Waals surface area contributed by atoms with Gasteiger partial charge in [-0.2, -0.15) is 5.26 Å². The fraction of sp³-hybridized carbons (Fsp3) is 0.364. The number of nitrogens with zero attached hydrogens (tertiary/aromatic N) is 2. The summed E-state index contributed by atoms with van der Waals surface area (Å²) in [6, 6.07) is 6.79. The van der Waals surface area contributed by atoms with Gasteiger partial charge in [0.25, 0.3) is 0 Å². The van der Waals surface area contributed by atoms with Crippen LogP contribution in [-0.4, -0.2) is 13.6 Å². The summed E-state index contributed by atoms with van der Waals surface area (Å²) in [7, 11) is 1.79. The number of halogens is 1. The monoisotopic (exact) mass is 207 g/mol. The number of benzene rings is 1. The number of rotatable bonds is 3. The molecule has 1 atom stereocenters. The maximum absolute atomic E-state index is 13.1. The molecule has 0 aliphatic rings. The molecule has 0 saturated heterocycles. The number of nitriles is 1. The normalized spacial score (nSPS) is 11.9. The molecule has 0 aliphatic heterocycles. The maximum Gasteiger partial charge on any atom is 0.148 e. The smallest absolute Gasteiger partial charge is 0.148 e. The number of para-hydroxylation sites is 1. The minimum atomic E-state index is -0.427. The fourth-order valence-electron chi connectivity index (χ4n) is 1.41.